The topological polar surface area (TPSA) is 70.1 Å². The Morgan fingerprint density at radius 3 is 2.24 bits per heavy atom. The molecule has 0 fully saturated rings. The van der Waals surface area contributed by atoms with Crippen molar-refractivity contribution in [3.63, 3.8) is 0 Å². The molecule has 0 aliphatic heterocycles. The van der Waals surface area contributed by atoms with Gasteiger partial charge < -0.3 is 23.8 Å². The number of hydrogen-bond donors (Lipinski definition) is 0. The van der Waals surface area contributed by atoms with Gasteiger partial charge in [-0.15, -0.1) is 0 Å². The highest BCUT2D eigenvalue weighted by Gasteiger charge is 2.22. The monoisotopic (exact) mass is 448 g/mol. The van der Waals surface area contributed by atoms with Crippen LogP contribution in [0.1, 0.15) is 28.5 Å². The Labute approximate surface area is 194 Å². The average molecular weight is 449 g/mol. The zero-order valence-electron chi connectivity index (χ0n) is 19.5. The van der Waals surface area contributed by atoms with E-state index < -0.39 is 0 Å². The van der Waals surface area contributed by atoms with Crippen molar-refractivity contribution in [1.82, 2.24) is 4.98 Å². The number of aryl methyl sites for hydroxylation is 1. The molecule has 33 heavy (non-hydrogen) atoms. The number of pyridine rings is 1. The number of carbonyl (C=O) groups is 1. The first-order valence-electron chi connectivity index (χ1n) is 10.4. The molecule has 0 aliphatic rings. The van der Waals surface area contributed by atoms with Gasteiger partial charge in [-0.2, -0.15) is 0 Å². The molecule has 0 aliphatic carbocycles. The summed E-state index contributed by atoms with van der Waals surface area (Å²) in [6.07, 6.45) is 2.46. The number of amides is 1. The molecule has 1 aromatic heterocycles. The quantitative estimate of drug-likeness (QED) is 0.429. The fourth-order valence-corrected chi connectivity index (χ4v) is 3.48. The van der Waals surface area contributed by atoms with Gasteiger partial charge in [0, 0.05) is 24.4 Å². The standard InChI is InChI=1S/C26H28N2O5/c1-7-20-22(13-10-14-27-20)33-17(2)19-11-8-9-12-21(19)28(3)26(29)18-15-23(30-4)25(32-6)24(16-18)31-5/h8-16H,2,7H2,1,3-6H3. The van der Waals surface area contributed by atoms with Crippen LogP contribution < -0.4 is 23.8 Å². The van der Waals surface area contributed by atoms with Crippen LogP contribution in [0.25, 0.3) is 5.76 Å². The molecule has 7 nitrogen and oxygen atoms in total. The molecule has 172 valence electrons. The van der Waals surface area contributed by atoms with Crippen LogP contribution in [0.3, 0.4) is 0 Å². The van der Waals surface area contributed by atoms with Crippen LogP contribution in [0.2, 0.25) is 0 Å². The number of anilines is 1. The highest BCUT2D eigenvalue weighted by Crippen LogP contribution is 2.39. The van der Waals surface area contributed by atoms with Crippen LogP contribution in [0, 0.1) is 0 Å². The normalized spacial score (nSPS) is 10.3. The van der Waals surface area contributed by atoms with Gasteiger partial charge in [0.25, 0.3) is 5.91 Å². The second-order valence-electron chi connectivity index (χ2n) is 7.12. The van der Waals surface area contributed by atoms with E-state index in [9.17, 15) is 4.79 Å². The molecule has 1 heterocycles. The van der Waals surface area contributed by atoms with Crippen molar-refractivity contribution in [2.75, 3.05) is 33.3 Å². The van der Waals surface area contributed by atoms with E-state index in [1.54, 1.807) is 25.4 Å². The molecule has 0 saturated carbocycles. The first-order chi connectivity index (χ1) is 15.9. The van der Waals surface area contributed by atoms with E-state index in [1.165, 1.54) is 26.2 Å². The first kappa shape index (κ1) is 23.7. The Bertz CT molecular complexity index is 1130. The van der Waals surface area contributed by atoms with E-state index in [0.29, 0.717) is 45.6 Å². The summed E-state index contributed by atoms with van der Waals surface area (Å²) in [4.78, 5) is 19.3. The van der Waals surface area contributed by atoms with Gasteiger partial charge in [-0.05, 0) is 42.8 Å². The van der Waals surface area contributed by atoms with Crippen LogP contribution in [0.15, 0.2) is 61.3 Å². The molecule has 0 N–H and O–H groups in total. The van der Waals surface area contributed by atoms with E-state index in [2.05, 4.69) is 11.6 Å². The number of aromatic nitrogens is 1. The fourth-order valence-electron chi connectivity index (χ4n) is 3.48. The second-order valence-corrected chi connectivity index (χ2v) is 7.12. The summed E-state index contributed by atoms with van der Waals surface area (Å²) >= 11 is 0. The lowest BCUT2D eigenvalue weighted by molar-refractivity contribution is 0.0992. The maximum absolute atomic E-state index is 13.4. The van der Waals surface area contributed by atoms with E-state index in [0.717, 1.165) is 12.1 Å². The molecule has 3 rings (SSSR count). The van der Waals surface area contributed by atoms with Crippen LogP contribution in [0.5, 0.6) is 23.0 Å². The summed E-state index contributed by atoms with van der Waals surface area (Å²) in [5.74, 6) is 2.02. The zero-order valence-corrected chi connectivity index (χ0v) is 19.5. The third kappa shape index (κ3) is 4.92. The number of ether oxygens (including phenoxy) is 4. The predicted octanol–water partition coefficient (Wildman–Crippen LogP) is 5.00. The van der Waals surface area contributed by atoms with Crippen molar-refractivity contribution in [3.05, 3.63) is 78.1 Å². The lowest BCUT2D eigenvalue weighted by Gasteiger charge is -2.23. The van der Waals surface area contributed by atoms with Crippen LogP contribution in [0.4, 0.5) is 5.69 Å². The summed E-state index contributed by atoms with van der Waals surface area (Å²) in [6.45, 7) is 6.11. The highest BCUT2D eigenvalue weighted by atomic mass is 16.5. The summed E-state index contributed by atoms with van der Waals surface area (Å²) in [7, 11) is 6.23. The Morgan fingerprint density at radius 1 is 0.970 bits per heavy atom. The number of methoxy groups -OCH3 is 3. The van der Waals surface area contributed by atoms with Crippen LogP contribution in [-0.2, 0) is 6.42 Å². The van der Waals surface area contributed by atoms with Crippen molar-refractivity contribution in [2.24, 2.45) is 0 Å². The van der Waals surface area contributed by atoms with Gasteiger partial charge in [0.2, 0.25) is 5.75 Å². The lowest BCUT2D eigenvalue weighted by atomic mass is 10.1. The zero-order chi connectivity index (χ0) is 24.0. The maximum atomic E-state index is 13.4. The van der Waals surface area contributed by atoms with E-state index in [-0.39, 0.29) is 5.91 Å². The minimum Gasteiger partial charge on any atom is -0.493 e. The van der Waals surface area contributed by atoms with Gasteiger partial charge in [0.15, 0.2) is 11.5 Å². The van der Waals surface area contributed by atoms with Gasteiger partial charge in [-0.25, -0.2) is 0 Å². The number of para-hydroxylation sites is 1. The van der Waals surface area contributed by atoms with Gasteiger partial charge >= 0.3 is 0 Å². The third-order valence-corrected chi connectivity index (χ3v) is 5.20. The number of carbonyl (C=O) groups excluding carboxylic acids is 1. The van der Waals surface area contributed by atoms with Gasteiger partial charge in [0.1, 0.15) is 11.5 Å². The summed E-state index contributed by atoms with van der Waals surface area (Å²) in [6, 6.07) is 14.3. The molecule has 0 bridgehead atoms. The Morgan fingerprint density at radius 2 is 1.64 bits per heavy atom. The van der Waals surface area contributed by atoms with E-state index in [4.69, 9.17) is 18.9 Å². The summed E-state index contributed by atoms with van der Waals surface area (Å²) < 4.78 is 22.2. The van der Waals surface area contributed by atoms with Crippen molar-refractivity contribution in [1.29, 1.82) is 0 Å². The van der Waals surface area contributed by atoms with Crippen LogP contribution >= 0.6 is 0 Å². The third-order valence-electron chi connectivity index (χ3n) is 5.20. The first-order valence-corrected chi connectivity index (χ1v) is 10.4. The van der Waals surface area contributed by atoms with Crippen LogP contribution in [-0.4, -0.2) is 39.3 Å². The smallest absolute Gasteiger partial charge is 0.258 e. The maximum Gasteiger partial charge on any atom is 0.258 e. The van der Waals surface area contributed by atoms with E-state index >= 15 is 0 Å². The largest absolute Gasteiger partial charge is 0.493 e. The molecule has 7 heteroatoms. The Balaban J connectivity index is 1.95. The molecule has 0 atom stereocenters. The minimum absolute atomic E-state index is 0.259. The van der Waals surface area contributed by atoms with Gasteiger partial charge in [-0.3, -0.25) is 9.78 Å². The lowest BCUT2D eigenvalue weighted by Crippen LogP contribution is -2.27. The molecule has 0 spiro atoms. The van der Waals surface area contributed by atoms with Crippen molar-refractivity contribution < 1.29 is 23.7 Å². The molecular weight excluding hydrogens is 420 g/mol. The second kappa shape index (κ2) is 10.5. The number of rotatable bonds is 9. The number of hydrogen-bond acceptors (Lipinski definition) is 6. The Kier molecular flexibility index (Phi) is 7.56. The van der Waals surface area contributed by atoms with E-state index in [1.807, 2.05) is 43.3 Å². The molecule has 0 radical (unpaired) electrons. The van der Waals surface area contributed by atoms with Crippen molar-refractivity contribution >= 4 is 17.4 Å². The predicted molar refractivity (Wildman–Crippen MR) is 129 cm³/mol. The van der Waals surface area contributed by atoms with Crippen molar-refractivity contribution in [2.45, 2.75) is 13.3 Å². The van der Waals surface area contributed by atoms with Crippen molar-refractivity contribution in [3.8, 4) is 23.0 Å². The summed E-state index contributed by atoms with van der Waals surface area (Å²) in [5, 5.41) is 0. The van der Waals surface area contributed by atoms with Gasteiger partial charge in [-0.1, -0.05) is 25.6 Å². The highest BCUT2D eigenvalue weighted by molar-refractivity contribution is 6.07. The SMILES string of the molecule is C=C(Oc1cccnc1CC)c1ccccc1N(C)C(=O)c1cc(OC)c(OC)c(OC)c1. The molecule has 3 aromatic rings. The number of benzene rings is 2. The molecule has 0 unspecified atom stereocenters. The minimum atomic E-state index is -0.259. The number of nitrogens with zero attached hydrogens (tertiary/aromatic N) is 2. The fraction of sp³-hybridized carbons (Fsp3) is 0.231. The van der Waals surface area contributed by atoms with Gasteiger partial charge in [0.05, 0.1) is 32.7 Å². The molecule has 2 aromatic carbocycles. The average Bonchev–Trinajstić information content (AvgIpc) is 2.87. The molecular formula is C26H28N2O5. The molecule has 1 amide bonds. The Hall–Kier alpha value is -4.00. The summed E-state index contributed by atoms with van der Waals surface area (Å²) in [5.41, 5.74) is 2.54. The molecule has 0 saturated heterocycles.